The van der Waals surface area contributed by atoms with Crippen LogP contribution in [0.2, 0.25) is 0 Å². The molecule has 47 heavy (non-hydrogen) atoms. The molecule has 0 amide bonds. The third-order valence-electron chi connectivity index (χ3n) is 9.44. The largest absolute Gasteiger partial charge is 0.454 e. The second-order valence-electron chi connectivity index (χ2n) is 12.1. The topological polar surface area (TPSA) is 16.4 Å². The van der Waals surface area contributed by atoms with Crippen molar-refractivity contribution < 1.29 is 4.42 Å². The third kappa shape index (κ3) is 4.04. The lowest BCUT2D eigenvalue weighted by Crippen LogP contribution is -2.11. The number of hydrogen-bond acceptors (Lipinski definition) is 3. The van der Waals surface area contributed by atoms with Crippen molar-refractivity contribution in [2.75, 3.05) is 4.90 Å². The number of benzene rings is 8. The number of thiophene rings is 1. The van der Waals surface area contributed by atoms with E-state index in [1.54, 1.807) is 0 Å². The first-order valence-corrected chi connectivity index (χ1v) is 16.7. The van der Waals surface area contributed by atoms with Gasteiger partial charge in [-0.1, -0.05) is 127 Å². The predicted octanol–water partition coefficient (Wildman–Crippen LogP) is 13.4. The molecule has 3 heteroatoms. The van der Waals surface area contributed by atoms with Gasteiger partial charge in [0, 0.05) is 36.6 Å². The van der Waals surface area contributed by atoms with Crippen LogP contribution in [0.4, 0.5) is 17.1 Å². The molecular weight excluding hydrogens is 591 g/mol. The number of anilines is 3. The van der Waals surface area contributed by atoms with Crippen LogP contribution < -0.4 is 4.90 Å². The maximum Gasteiger partial charge on any atom is 0.159 e. The van der Waals surface area contributed by atoms with Gasteiger partial charge in [0.25, 0.3) is 0 Å². The first-order valence-electron chi connectivity index (χ1n) is 15.9. The summed E-state index contributed by atoms with van der Waals surface area (Å²) in [6, 6.07) is 59.0. The van der Waals surface area contributed by atoms with Crippen LogP contribution in [0.25, 0.3) is 74.8 Å². The Morgan fingerprint density at radius 1 is 0.468 bits per heavy atom. The van der Waals surface area contributed by atoms with Gasteiger partial charge in [-0.15, -0.1) is 11.3 Å². The molecular formula is C44H27NOS. The number of fused-ring (bicyclic) bond motifs is 9. The van der Waals surface area contributed by atoms with Crippen LogP contribution in [-0.2, 0) is 0 Å². The molecule has 0 spiro atoms. The van der Waals surface area contributed by atoms with Crippen molar-refractivity contribution in [1.82, 2.24) is 0 Å². The van der Waals surface area contributed by atoms with Crippen LogP contribution in [0, 0.1) is 0 Å². The smallest absolute Gasteiger partial charge is 0.159 e. The van der Waals surface area contributed by atoms with Crippen LogP contribution in [0.5, 0.6) is 0 Å². The summed E-state index contributed by atoms with van der Waals surface area (Å²) in [7, 11) is 0. The lowest BCUT2D eigenvalue weighted by atomic mass is 9.99. The van der Waals surface area contributed by atoms with Gasteiger partial charge in [-0.25, -0.2) is 0 Å². The Hall–Kier alpha value is -5.90. The minimum absolute atomic E-state index is 0.882. The van der Waals surface area contributed by atoms with E-state index < -0.39 is 0 Å². The van der Waals surface area contributed by atoms with Crippen molar-refractivity contribution in [3.63, 3.8) is 0 Å². The van der Waals surface area contributed by atoms with Crippen LogP contribution in [0.15, 0.2) is 168 Å². The molecule has 0 aliphatic rings. The van der Waals surface area contributed by atoms with E-state index in [9.17, 15) is 0 Å². The fourth-order valence-corrected chi connectivity index (χ4v) is 8.56. The van der Waals surface area contributed by atoms with Gasteiger partial charge in [0.1, 0.15) is 5.58 Å². The first-order chi connectivity index (χ1) is 23.3. The summed E-state index contributed by atoms with van der Waals surface area (Å²) in [5.41, 5.74) is 7.48. The summed E-state index contributed by atoms with van der Waals surface area (Å²) in [4.78, 5) is 2.41. The summed E-state index contributed by atoms with van der Waals surface area (Å²) >= 11 is 1.87. The molecule has 0 atom stereocenters. The molecule has 0 radical (unpaired) electrons. The highest BCUT2D eigenvalue weighted by Gasteiger charge is 2.24. The second-order valence-corrected chi connectivity index (χ2v) is 13.1. The van der Waals surface area contributed by atoms with E-state index in [4.69, 9.17) is 4.42 Å². The number of hydrogen-bond donors (Lipinski definition) is 0. The van der Waals surface area contributed by atoms with E-state index in [1.165, 1.54) is 52.8 Å². The molecule has 0 N–H and O–H groups in total. The number of nitrogens with zero attached hydrogens (tertiary/aromatic N) is 1. The van der Waals surface area contributed by atoms with Gasteiger partial charge in [0.15, 0.2) is 5.58 Å². The molecule has 2 heterocycles. The van der Waals surface area contributed by atoms with Gasteiger partial charge in [-0.2, -0.15) is 0 Å². The van der Waals surface area contributed by atoms with Gasteiger partial charge < -0.3 is 9.32 Å². The van der Waals surface area contributed by atoms with E-state index >= 15 is 0 Å². The van der Waals surface area contributed by atoms with Gasteiger partial charge in [0.2, 0.25) is 0 Å². The molecule has 2 nitrogen and oxygen atoms in total. The Morgan fingerprint density at radius 3 is 2.11 bits per heavy atom. The summed E-state index contributed by atoms with van der Waals surface area (Å²) in [6.07, 6.45) is 0. The van der Waals surface area contributed by atoms with Crippen molar-refractivity contribution >= 4 is 92.1 Å². The summed E-state index contributed by atoms with van der Waals surface area (Å²) < 4.78 is 9.25. The molecule has 2 aromatic heterocycles. The zero-order valence-corrected chi connectivity index (χ0v) is 26.2. The minimum Gasteiger partial charge on any atom is -0.454 e. The molecule has 0 aliphatic heterocycles. The van der Waals surface area contributed by atoms with Gasteiger partial charge >= 0.3 is 0 Å². The molecule has 0 bridgehead atoms. The van der Waals surface area contributed by atoms with E-state index in [0.717, 1.165) is 39.0 Å². The van der Waals surface area contributed by atoms with Crippen molar-refractivity contribution in [1.29, 1.82) is 0 Å². The van der Waals surface area contributed by atoms with Crippen molar-refractivity contribution in [2.45, 2.75) is 0 Å². The molecule has 10 aromatic rings. The zero-order chi connectivity index (χ0) is 30.9. The standard InChI is InChI=1S/C44H27NOS/c1-2-11-28(12-3-1)34-25-26-38(42-37-16-7-9-20-41(37)47-44(34)42)45(39-18-10-17-36-35-15-6-8-19-40(35)46-43(36)39)31-23-24-33-30(27-31)22-21-29-13-4-5-14-32(29)33/h1-27H. The molecule has 8 aromatic carbocycles. The normalized spacial score (nSPS) is 11.8. The molecule has 220 valence electrons. The Bertz CT molecular complexity index is 2810. The average Bonchev–Trinajstić information content (AvgIpc) is 3.72. The summed E-state index contributed by atoms with van der Waals surface area (Å²) in [5.74, 6) is 0. The van der Waals surface area contributed by atoms with Crippen molar-refractivity contribution in [3.8, 4) is 11.1 Å². The monoisotopic (exact) mass is 617 g/mol. The Balaban J connectivity index is 1.32. The van der Waals surface area contributed by atoms with E-state index in [0.29, 0.717) is 0 Å². The first kappa shape index (κ1) is 26.3. The van der Waals surface area contributed by atoms with Gasteiger partial charge in [-0.3, -0.25) is 0 Å². The summed E-state index contributed by atoms with van der Waals surface area (Å²) in [6.45, 7) is 0. The molecule has 0 saturated heterocycles. The summed E-state index contributed by atoms with van der Waals surface area (Å²) in [5, 5.41) is 9.71. The minimum atomic E-state index is 0.882. The quantitative estimate of drug-likeness (QED) is 0.183. The van der Waals surface area contributed by atoms with Crippen molar-refractivity contribution in [3.05, 3.63) is 164 Å². The Morgan fingerprint density at radius 2 is 1.19 bits per heavy atom. The highest BCUT2D eigenvalue weighted by Crippen LogP contribution is 2.50. The fourth-order valence-electron chi connectivity index (χ4n) is 7.30. The molecule has 0 fully saturated rings. The number of furan rings is 1. The SMILES string of the molecule is c1ccc(-c2ccc(N(c3ccc4c(ccc5ccccc54)c3)c3cccc4c3oc3ccccc34)c3c2sc2ccccc23)cc1. The van der Waals surface area contributed by atoms with Crippen molar-refractivity contribution in [2.24, 2.45) is 0 Å². The number of para-hydroxylation sites is 2. The zero-order valence-electron chi connectivity index (χ0n) is 25.4. The van der Waals surface area contributed by atoms with E-state index in [1.807, 2.05) is 17.4 Å². The number of rotatable bonds is 4. The van der Waals surface area contributed by atoms with E-state index in [-0.39, 0.29) is 0 Å². The maximum atomic E-state index is 6.69. The van der Waals surface area contributed by atoms with Crippen LogP contribution in [0.3, 0.4) is 0 Å². The highest BCUT2D eigenvalue weighted by atomic mass is 32.1. The second kappa shape index (κ2) is 10.3. The molecule has 0 unspecified atom stereocenters. The van der Waals surface area contributed by atoms with Gasteiger partial charge in [-0.05, 0) is 69.1 Å². The maximum absolute atomic E-state index is 6.69. The fraction of sp³-hybridized carbons (Fsp3) is 0. The Labute approximate surface area is 275 Å². The van der Waals surface area contributed by atoms with Gasteiger partial charge in [0.05, 0.1) is 11.4 Å². The third-order valence-corrected chi connectivity index (χ3v) is 10.6. The predicted molar refractivity (Wildman–Crippen MR) is 202 cm³/mol. The highest BCUT2D eigenvalue weighted by molar-refractivity contribution is 7.26. The van der Waals surface area contributed by atoms with E-state index in [2.05, 4.69) is 163 Å². The molecule has 0 aliphatic carbocycles. The van der Waals surface area contributed by atoms with Crippen LogP contribution >= 0.6 is 11.3 Å². The average molecular weight is 618 g/mol. The lowest BCUT2D eigenvalue weighted by molar-refractivity contribution is 0.669. The Kier molecular flexibility index (Phi) is 5.78. The van der Waals surface area contributed by atoms with Crippen LogP contribution in [0.1, 0.15) is 0 Å². The van der Waals surface area contributed by atoms with Crippen LogP contribution in [-0.4, -0.2) is 0 Å². The lowest BCUT2D eigenvalue weighted by Gasteiger charge is -2.27. The molecule has 10 rings (SSSR count). The molecule has 0 saturated carbocycles.